The molecule has 0 bridgehead atoms. The van der Waals surface area contributed by atoms with E-state index >= 15 is 0 Å². The predicted molar refractivity (Wildman–Crippen MR) is 85.2 cm³/mol. The molecule has 0 spiro atoms. The van der Waals surface area contributed by atoms with Gasteiger partial charge in [-0.2, -0.15) is 0 Å². The molecule has 6 nitrogen and oxygen atoms in total. The maximum atomic E-state index is 11.5. The third-order valence-corrected chi connectivity index (χ3v) is 4.16. The van der Waals surface area contributed by atoms with Crippen molar-refractivity contribution in [3.8, 4) is 11.3 Å². The van der Waals surface area contributed by atoms with Crippen molar-refractivity contribution in [1.29, 1.82) is 0 Å². The topological polar surface area (TPSA) is 96.6 Å². The molecule has 23 heavy (non-hydrogen) atoms. The predicted octanol–water partition coefficient (Wildman–Crippen LogP) is 3.62. The van der Waals surface area contributed by atoms with Crippen LogP contribution in [-0.4, -0.2) is 22.2 Å². The average molecular weight is 350 g/mol. The molecule has 8 heteroatoms. The normalized spacial score (nSPS) is 16.0. The number of hydrogen-bond acceptors (Lipinski definition) is 5. The Morgan fingerprint density at radius 2 is 2.04 bits per heavy atom. The van der Waals surface area contributed by atoms with Gasteiger partial charge in [0.25, 0.3) is 11.1 Å². The van der Waals surface area contributed by atoms with Gasteiger partial charge in [-0.3, -0.25) is 14.9 Å². The molecule has 1 aromatic carbocycles. The monoisotopic (exact) mass is 349 g/mol. The van der Waals surface area contributed by atoms with E-state index in [1.165, 1.54) is 18.2 Å². The first-order valence-corrected chi connectivity index (χ1v) is 7.51. The summed E-state index contributed by atoms with van der Waals surface area (Å²) >= 11 is 6.62. The van der Waals surface area contributed by atoms with Crippen molar-refractivity contribution in [2.45, 2.75) is 0 Å². The molecule has 0 atom stereocenters. The van der Waals surface area contributed by atoms with Crippen LogP contribution in [0.3, 0.4) is 0 Å². The number of amides is 2. The summed E-state index contributed by atoms with van der Waals surface area (Å²) < 4.78 is 5.57. The molecule has 0 saturated carbocycles. The molecule has 0 unspecified atom stereocenters. The van der Waals surface area contributed by atoms with Crippen molar-refractivity contribution in [3.05, 3.63) is 51.6 Å². The molecule has 3 rings (SSSR count). The molecule has 1 aromatic heterocycles. The molecule has 1 saturated heterocycles. The molecular weight excluding hydrogens is 342 g/mol. The first-order valence-electron chi connectivity index (χ1n) is 6.32. The molecule has 2 amide bonds. The second-order valence-electron chi connectivity index (χ2n) is 4.55. The number of benzene rings is 1. The van der Waals surface area contributed by atoms with Crippen LogP contribution in [0.15, 0.2) is 39.7 Å². The first kappa shape index (κ1) is 15.4. The summed E-state index contributed by atoms with van der Waals surface area (Å²) in [5, 5.41) is 10.9. The van der Waals surface area contributed by atoms with E-state index in [-0.39, 0.29) is 15.5 Å². The zero-order valence-corrected chi connectivity index (χ0v) is 12.9. The lowest BCUT2D eigenvalue weighted by Gasteiger charge is -2.02. The third kappa shape index (κ3) is 3.15. The maximum Gasteiger partial charge on any atom is 0.337 e. The number of rotatable bonds is 3. The van der Waals surface area contributed by atoms with Crippen LogP contribution < -0.4 is 5.32 Å². The molecule has 1 fully saturated rings. The van der Waals surface area contributed by atoms with Gasteiger partial charge in [-0.25, -0.2) is 4.79 Å². The first-order chi connectivity index (χ1) is 10.9. The zero-order chi connectivity index (χ0) is 16.6. The van der Waals surface area contributed by atoms with E-state index in [0.29, 0.717) is 17.1 Å². The summed E-state index contributed by atoms with van der Waals surface area (Å²) in [6.45, 7) is 0. The summed E-state index contributed by atoms with van der Waals surface area (Å²) in [5.41, 5.74) is 0.507. The Labute approximate surface area is 139 Å². The van der Waals surface area contributed by atoms with Gasteiger partial charge in [0, 0.05) is 11.6 Å². The highest BCUT2D eigenvalue weighted by atomic mass is 35.5. The molecule has 2 heterocycles. The highest BCUT2D eigenvalue weighted by molar-refractivity contribution is 8.18. The summed E-state index contributed by atoms with van der Waals surface area (Å²) in [6.07, 6.45) is 1.45. The molecule has 1 aliphatic rings. The number of thioether (sulfide) groups is 1. The second kappa shape index (κ2) is 5.94. The standard InChI is InChI=1S/C15H8ClNO5S/c16-10-3-1-7(5-9(10)14(19)20)11-4-2-8(22-11)6-12-13(18)17-15(21)23-12/h1-6H,(H,19,20)(H,17,18,21)/b12-6-. The number of imide groups is 1. The maximum absolute atomic E-state index is 11.5. The van der Waals surface area contributed by atoms with Gasteiger partial charge in [0.1, 0.15) is 11.5 Å². The second-order valence-corrected chi connectivity index (χ2v) is 5.98. The Bertz CT molecular complexity index is 871. The molecule has 2 N–H and O–H groups in total. The average Bonchev–Trinajstić information content (AvgIpc) is 3.06. The number of carbonyl (C=O) groups excluding carboxylic acids is 2. The Hall–Kier alpha value is -2.51. The van der Waals surface area contributed by atoms with Crippen LogP contribution in [0.25, 0.3) is 17.4 Å². The third-order valence-electron chi connectivity index (χ3n) is 3.02. The highest BCUT2D eigenvalue weighted by Crippen LogP contribution is 2.30. The van der Waals surface area contributed by atoms with Crippen LogP contribution in [0.5, 0.6) is 0 Å². The Morgan fingerprint density at radius 1 is 1.26 bits per heavy atom. The SMILES string of the molecule is O=C1NC(=O)/C(=C/c2ccc(-c3ccc(Cl)c(C(=O)O)c3)o2)S1. The van der Waals surface area contributed by atoms with E-state index in [0.717, 1.165) is 11.8 Å². The Balaban J connectivity index is 1.92. The summed E-state index contributed by atoms with van der Waals surface area (Å²) in [6, 6.07) is 7.76. The minimum atomic E-state index is -1.14. The number of aromatic carboxylic acids is 1. The van der Waals surface area contributed by atoms with Crippen molar-refractivity contribution in [2.75, 3.05) is 0 Å². The van der Waals surface area contributed by atoms with Crippen molar-refractivity contribution >= 4 is 46.6 Å². The van der Waals surface area contributed by atoms with Crippen LogP contribution in [0.2, 0.25) is 5.02 Å². The van der Waals surface area contributed by atoms with Gasteiger partial charge in [-0.1, -0.05) is 11.6 Å². The molecular formula is C15H8ClNO5S. The van der Waals surface area contributed by atoms with Crippen molar-refractivity contribution in [1.82, 2.24) is 5.32 Å². The lowest BCUT2D eigenvalue weighted by Crippen LogP contribution is -2.17. The van der Waals surface area contributed by atoms with Gasteiger partial charge >= 0.3 is 5.97 Å². The fraction of sp³-hybridized carbons (Fsp3) is 0. The van der Waals surface area contributed by atoms with Gasteiger partial charge in [0.2, 0.25) is 0 Å². The summed E-state index contributed by atoms with van der Waals surface area (Å²) in [7, 11) is 0. The molecule has 0 aliphatic carbocycles. The number of nitrogens with one attached hydrogen (secondary N) is 1. The lowest BCUT2D eigenvalue weighted by molar-refractivity contribution is -0.115. The molecule has 2 aromatic rings. The minimum absolute atomic E-state index is 0.0307. The number of carbonyl (C=O) groups is 3. The van der Waals surface area contributed by atoms with E-state index in [2.05, 4.69) is 5.32 Å². The van der Waals surface area contributed by atoms with E-state index in [9.17, 15) is 14.4 Å². The van der Waals surface area contributed by atoms with Crippen LogP contribution in [0.1, 0.15) is 16.1 Å². The smallest absolute Gasteiger partial charge is 0.337 e. The molecule has 0 radical (unpaired) electrons. The van der Waals surface area contributed by atoms with Crippen molar-refractivity contribution < 1.29 is 23.9 Å². The fourth-order valence-corrected chi connectivity index (χ4v) is 2.84. The van der Waals surface area contributed by atoms with Gasteiger partial charge < -0.3 is 9.52 Å². The van der Waals surface area contributed by atoms with Crippen molar-refractivity contribution in [3.63, 3.8) is 0 Å². The Kier molecular flexibility index (Phi) is 3.97. The van der Waals surface area contributed by atoms with Gasteiger partial charge in [-0.15, -0.1) is 0 Å². The number of carboxylic acids is 1. The number of halogens is 1. The van der Waals surface area contributed by atoms with E-state index in [1.54, 1.807) is 18.2 Å². The minimum Gasteiger partial charge on any atom is -0.478 e. The van der Waals surface area contributed by atoms with Gasteiger partial charge in [-0.05, 0) is 42.1 Å². The number of furan rings is 1. The van der Waals surface area contributed by atoms with Crippen LogP contribution in [0, 0.1) is 0 Å². The van der Waals surface area contributed by atoms with Crippen molar-refractivity contribution in [2.24, 2.45) is 0 Å². The van der Waals surface area contributed by atoms with E-state index in [1.807, 2.05) is 0 Å². The Morgan fingerprint density at radius 3 is 2.70 bits per heavy atom. The number of carboxylic acid groups (broad SMARTS) is 1. The number of hydrogen-bond donors (Lipinski definition) is 2. The lowest BCUT2D eigenvalue weighted by atomic mass is 10.1. The van der Waals surface area contributed by atoms with Crippen LogP contribution in [0.4, 0.5) is 4.79 Å². The van der Waals surface area contributed by atoms with E-state index in [4.69, 9.17) is 21.1 Å². The molecule has 1 aliphatic heterocycles. The van der Waals surface area contributed by atoms with Crippen LogP contribution >= 0.6 is 23.4 Å². The van der Waals surface area contributed by atoms with E-state index < -0.39 is 17.1 Å². The van der Waals surface area contributed by atoms with Gasteiger partial charge in [0.05, 0.1) is 15.5 Å². The molecule has 116 valence electrons. The van der Waals surface area contributed by atoms with Crippen LogP contribution in [-0.2, 0) is 4.79 Å². The highest BCUT2D eigenvalue weighted by Gasteiger charge is 2.25. The van der Waals surface area contributed by atoms with Gasteiger partial charge in [0.15, 0.2) is 0 Å². The quantitative estimate of drug-likeness (QED) is 0.821. The zero-order valence-electron chi connectivity index (χ0n) is 11.3. The summed E-state index contributed by atoms with van der Waals surface area (Å²) in [4.78, 5) is 33.9. The summed E-state index contributed by atoms with van der Waals surface area (Å²) in [5.74, 6) is -0.814. The fourth-order valence-electron chi connectivity index (χ4n) is 1.98. The largest absolute Gasteiger partial charge is 0.478 e.